The molecule has 0 unspecified atom stereocenters. The van der Waals surface area contributed by atoms with Crippen LogP contribution in [0, 0.1) is 19.8 Å². The Morgan fingerprint density at radius 3 is 2.87 bits per heavy atom. The van der Waals surface area contributed by atoms with Crippen LogP contribution in [0.1, 0.15) is 29.1 Å². The third kappa shape index (κ3) is 4.07. The Bertz CT molecular complexity index is 651. The normalized spacial score (nSPS) is 18.0. The van der Waals surface area contributed by atoms with Crippen LogP contribution in [0.5, 0.6) is 0 Å². The van der Waals surface area contributed by atoms with Crippen molar-refractivity contribution in [2.24, 2.45) is 5.92 Å². The number of nitrogens with one attached hydrogen (secondary N) is 1. The van der Waals surface area contributed by atoms with Crippen molar-refractivity contribution >= 4 is 23.2 Å². The summed E-state index contributed by atoms with van der Waals surface area (Å²) in [5, 5.41) is 5.08. The molecular weight excluding hydrogens is 308 g/mol. The second kappa shape index (κ2) is 7.08. The number of rotatable bonds is 4. The summed E-state index contributed by atoms with van der Waals surface area (Å²) in [6, 6.07) is 6.02. The third-order valence-corrected chi connectivity index (χ3v) is 4.94. The average molecular weight is 330 g/mol. The average Bonchev–Trinajstić information content (AvgIpc) is 3.05. The molecule has 0 saturated carbocycles. The number of anilines is 1. The topological polar surface area (TPSA) is 58.1 Å². The molecule has 0 aliphatic carbocycles. The van der Waals surface area contributed by atoms with E-state index in [1.165, 1.54) is 4.88 Å². The summed E-state index contributed by atoms with van der Waals surface area (Å²) in [6.07, 6.45) is 1.92. The van der Waals surface area contributed by atoms with Crippen LogP contribution in [-0.4, -0.2) is 29.0 Å². The Morgan fingerprint density at radius 2 is 2.17 bits per heavy atom. The van der Waals surface area contributed by atoms with Gasteiger partial charge in [-0.2, -0.15) is 0 Å². The zero-order valence-electron chi connectivity index (χ0n) is 13.6. The van der Waals surface area contributed by atoms with Gasteiger partial charge in [-0.1, -0.05) is 6.07 Å². The number of carbonyl (C=O) groups is 1. The monoisotopic (exact) mass is 330 g/mol. The van der Waals surface area contributed by atoms with Crippen molar-refractivity contribution in [1.29, 1.82) is 0 Å². The number of nitrogens with zero attached hydrogens (tertiary/aromatic N) is 3. The highest BCUT2D eigenvalue weighted by atomic mass is 32.1. The Morgan fingerprint density at radius 1 is 1.39 bits per heavy atom. The lowest BCUT2D eigenvalue weighted by atomic mass is 9.97. The van der Waals surface area contributed by atoms with Crippen LogP contribution in [0.25, 0.3) is 0 Å². The Kier molecular flexibility index (Phi) is 4.91. The van der Waals surface area contributed by atoms with Gasteiger partial charge in [-0.05, 0) is 44.2 Å². The van der Waals surface area contributed by atoms with Gasteiger partial charge in [-0.15, -0.1) is 11.3 Å². The highest BCUT2D eigenvalue weighted by molar-refractivity contribution is 7.09. The van der Waals surface area contributed by atoms with E-state index in [4.69, 9.17) is 0 Å². The van der Waals surface area contributed by atoms with Crippen molar-refractivity contribution in [3.8, 4) is 0 Å². The molecule has 23 heavy (non-hydrogen) atoms. The summed E-state index contributed by atoms with van der Waals surface area (Å²) < 4.78 is 0. The number of aryl methyl sites for hydroxylation is 2. The molecule has 1 saturated heterocycles. The number of hydrogen-bond acceptors (Lipinski definition) is 5. The molecule has 1 N–H and O–H groups in total. The first-order valence-corrected chi connectivity index (χ1v) is 8.87. The predicted molar refractivity (Wildman–Crippen MR) is 92.6 cm³/mol. The van der Waals surface area contributed by atoms with Crippen molar-refractivity contribution in [2.75, 3.05) is 18.0 Å². The molecule has 1 amide bonds. The molecule has 5 nitrogen and oxygen atoms in total. The minimum Gasteiger partial charge on any atom is -0.351 e. The lowest BCUT2D eigenvalue weighted by Gasteiger charge is -2.32. The molecular formula is C17H22N4OS. The van der Waals surface area contributed by atoms with Gasteiger partial charge in [0.05, 0.1) is 12.5 Å². The number of amides is 1. The van der Waals surface area contributed by atoms with Crippen molar-refractivity contribution in [3.05, 3.63) is 39.8 Å². The molecule has 1 fully saturated rings. The molecule has 1 atom stereocenters. The molecule has 6 heteroatoms. The Labute approximate surface area is 140 Å². The van der Waals surface area contributed by atoms with Gasteiger partial charge in [-0.25, -0.2) is 9.97 Å². The number of thiophene rings is 1. The fourth-order valence-electron chi connectivity index (χ4n) is 2.95. The van der Waals surface area contributed by atoms with Gasteiger partial charge in [0.2, 0.25) is 11.9 Å². The van der Waals surface area contributed by atoms with Gasteiger partial charge in [0.1, 0.15) is 0 Å². The van der Waals surface area contributed by atoms with Crippen LogP contribution in [0.15, 0.2) is 23.6 Å². The van der Waals surface area contributed by atoms with E-state index >= 15 is 0 Å². The number of aromatic nitrogens is 2. The number of hydrogen-bond donors (Lipinski definition) is 1. The first-order chi connectivity index (χ1) is 11.1. The molecule has 0 bridgehead atoms. The maximum Gasteiger partial charge on any atom is 0.225 e. The van der Waals surface area contributed by atoms with Crippen LogP contribution in [0.4, 0.5) is 5.95 Å². The fraction of sp³-hybridized carbons (Fsp3) is 0.471. The van der Waals surface area contributed by atoms with E-state index in [0.717, 1.165) is 36.7 Å². The largest absolute Gasteiger partial charge is 0.351 e. The summed E-state index contributed by atoms with van der Waals surface area (Å²) in [5.41, 5.74) is 1.94. The number of carbonyl (C=O) groups excluding carboxylic acids is 1. The maximum atomic E-state index is 12.4. The zero-order chi connectivity index (χ0) is 16.2. The third-order valence-electron chi connectivity index (χ3n) is 4.06. The highest BCUT2D eigenvalue weighted by Crippen LogP contribution is 2.21. The van der Waals surface area contributed by atoms with Gasteiger partial charge in [-0.3, -0.25) is 4.79 Å². The van der Waals surface area contributed by atoms with Gasteiger partial charge in [0, 0.05) is 29.4 Å². The Hall–Kier alpha value is -1.95. The number of piperidine rings is 1. The van der Waals surface area contributed by atoms with Gasteiger partial charge in [0.25, 0.3) is 0 Å². The van der Waals surface area contributed by atoms with E-state index in [9.17, 15) is 4.79 Å². The molecule has 0 spiro atoms. The lowest BCUT2D eigenvalue weighted by Crippen LogP contribution is -2.43. The van der Waals surface area contributed by atoms with E-state index in [1.807, 2.05) is 37.4 Å². The second-order valence-corrected chi connectivity index (χ2v) is 7.07. The van der Waals surface area contributed by atoms with E-state index in [0.29, 0.717) is 13.1 Å². The molecule has 3 rings (SSSR count). The molecule has 1 aliphatic rings. The predicted octanol–water partition coefficient (Wildman–Crippen LogP) is 2.69. The van der Waals surface area contributed by atoms with E-state index in [1.54, 1.807) is 11.3 Å². The lowest BCUT2D eigenvalue weighted by molar-refractivity contribution is -0.125. The standard InChI is InChI=1S/C17H22N4OS/c1-12-9-13(2)20-17(19-12)21-7-3-5-14(11-21)16(22)18-10-15-6-4-8-23-15/h4,6,8-9,14H,3,5,7,10-11H2,1-2H3,(H,18,22)/t14-/m0/s1. The van der Waals surface area contributed by atoms with Crippen molar-refractivity contribution in [3.63, 3.8) is 0 Å². The summed E-state index contributed by atoms with van der Waals surface area (Å²) in [5.74, 6) is 0.888. The van der Waals surface area contributed by atoms with E-state index < -0.39 is 0 Å². The molecule has 2 aromatic rings. The van der Waals surface area contributed by atoms with E-state index in [-0.39, 0.29) is 11.8 Å². The van der Waals surface area contributed by atoms with E-state index in [2.05, 4.69) is 20.2 Å². The quantitative estimate of drug-likeness (QED) is 0.936. The van der Waals surface area contributed by atoms with Crippen LogP contribution in [0.3, 0.4) is 0 Å². The minimum absolute atomic E-state index is 0.00753. The first-order valence-electron chi connectivity index (χ1n) is 7.99. The maximum absolute atomic E-state index is 12.4. The Balaban J connectivity index is 1.62. The summed E-state index contributed by atoms with van der Waals surface area (Å²) >= 11 is 1.67. The highest BCUT2D eigenvalue weighted by Gasteiger charge is 2.27. The minimum atomic E-state index is 0.00753. The summed E-state index contributed by atoms with van der Waals surface area (Å²) in [4.78, 5) is 24.8. The van der Waals surface area contributed by atoms with Crippen LogP contribution in [-0.2, 0) is 11.3 Å². The van der Waals surface area contributed by atoms with Crippen LogP contribution >= 0.6 is 11.3 Å². The van der Waals surface area contributed by atoms with Crippen molar-refractivity contribution < 1.29 is 4.79 Å². The fourth-order valence-corrected chi connectivity index (χ4v) is 3.60. The zero-order valence-corrected chi connectivity index (χ0v) is 14.4. The molecule has 0 aromatic carbocycles. The smallest absolute Gasteiger partial charge is 0.225 e. The van der Waals surface area contributed by atoms with Gasteiger partial charge in [0.15, 0.2) is 0 Å². The van der Waals surface area contributed by atoms with Crippen molar-refractivity contribution in [1.82, 2.24) is 15.3 Å². The van der Waals surface area contributed by atoms with Gasteiger partial charge >= 0.3 is 0 Å². The molecule has 0 radical (unpaired) electrons. The molecule has 122 valence electrons. The van der Waals surface area contributed by atoms with Crippen molar-refractivity contribution in [2.45, 2.75) is 33.2 Å². The second-order valence-electron chi connectivity index (χ2n) is 6.03. The van der Waals surface area contributed by atoms with Crippen LogP contribution in [0.2, 0.25) is 0 Å². The molecule has 3 heterocycles. The summed E-state index contributed by atoms with van der Waals surface area (Å²) in [6.45, 7) is 6.19. The van der Waals surface area contributed by atoms with Gasteiger partial charge < -0.3 is 10.2 Å². The molecule has 2 aromatic heterocycles. The summed E-state index contributed by atoms with van der Waals surface area (Å²) in [7, 11) is 0. The molecule has 1 aliphatic heterocycles. The first kappa shape index (κ1) is 15.9. The van der Waals surface area contributed by atoms with Crippen LogP contribution < -0.4 is 10.2 Å². The SMILES string of the molecule is Cc1cc(C)nc(N2CCC[C@H](C(=O)NCc3cccs3)C2)n1.